The highest BCUT2D eigenvalue weighted by molar-refractivity contribution is 8.00. The molecule has 1 aliphatic heterocycles. The zero-order valence-electron chi connectivity index (χ0n) is 11.5. The third-order valence-corrected chi connectivity index (χ3v) is 5.47. The fourth-order valence-corrected chi connectivity index (χ4v) is 4.37. The standard InChI is InChI=1S/C18H16O2S/c19-12-15-16(20)11-17(13-7-3-1-4-8-13)21-18(15)14-9-5-2-6-10-14/h1-10,12,15,17-18H,11H2. The van der Waals surface area contributed by atoms with Crippen LogP contribution in [0, 0.1) is 5.92 Å². The van der Waals surface area contributed by atoms with E-state index in [1.165, 1.54) is 0 Å². The second kappa shape index (κ2) is 6.27. The van der Waals surface area contributed by atoms with Gasteiger partial charge >= 0.3 is 0 Å². The summed E-state index contributed by atoms with van der Waals surface area (Å²) in [5.41, 5.74) is 2.20. The van der Waals surface area contributed by atoms with Crippen LogP contribution in [0.5, 0.6) is 0 Å². The van der Waals surface area contributed by atoms with Gasteiger partial charge in [-0.05, 0) is 11.1 Å². The maximum absolute atomic E-state index is 12.3. The second-order valence-corrected chi connectivity index (χ2v) is 6.55. The minimum Gasteiger partial charge on any atom is -0.303 e. The fourth-order valence-electron chi connectivity index (χ4n) is 2.74. The summed E-state index contributed by atoms with van der Waals surface area (Å²) < 4.78 is 0. The Kier molecular flexibility index (Phi) is 4.20. The van der Waals surface area contributed by atoms with Gasteiger partial charge in [0.05, 0.1) is 5.92 Å². The topological polar surface area (TPSA) is 34.1 Å². The first-order chi connectivity index (χ1) is 10.3. The van der Waals surface area contributed by atoms with E-state index in [1.807, 2.05) is 60.7 Å². The van der Waals surface area contributed by atoms with E-state index in [2.05, 4.69) is 0 Å². The smallest absolute Gasteiger partial charge is 0.145 e. The quantitative estimate of drug-likeness (QED) is 0.634. The molecule has 1 fully saturated rings. The summed E-state index contributed by atoms with van der Waals surface area (Å²) in [4.78, 5) is 23.7. The third-order valence-electron chi connectivity index (χ3n) is 3.84. The average molecular weight is 296 g/mol. The van der Waals surface area contributed by atoms with Crippen LogP contribution >= 0.6 is 11.8 Å². The van der Waals surface area contributed by atoms with E-state index in [4.69, 9.17) is 0 Å². The Hall–Kier alpha value is -1.87. The van der Waals surface area contributed by atoms with Crippen LogP contribution in [-0.2, 0) is 9.59 Å². The molecule has 0 spiro atoms. The van der Waals surface area contributed by atoms with E-state index in [1.54, 1.807) is 11.8 Å². The molecule has 0 radical (unpaired) electrons. The molecule has 1 saturated heterocycles. The minimum absolute atomic E-state index is 0.0476. The Morgan fingerprint density at radius 1 is 0.905 bits per heavy atom. The van der Waals surface area contributed by atoms with Gasteiger partial charge in [0.25, 0.3) is 0 Å². The molecule has 3 rings (SSSR count). The van der Waals surface area contributed by atoms with Gasteiger partial charge in [0, 0.05) is 16.9 Å². The van der Waals surface area contributed by atoms with Crippen molar-refractivity contribution in [1.82, 2.24) is 0 Å². The number of hydrogen-bond donors (Lipinski definition) is 0. The Labute approximate surface area is 128 Å². The number of benzene rings is 2. The molecule has 21 heavy (non-hydrogen) atoms. The largest absolute Gasteiger partial charge is 0.303 e. The number of carbonyl (C=O) groups excluding carboxylic acids is 2. The predicted molar refractivity (Wildman–Crippen MR) is 85.1 cm³/mol. The van der Waals surface area contributed by atoms with Gasteiger partial charge in [0.15, 0.2) is 0 Å². The average Bonchev–Trinajstić information content (AvgIpc) is 2.55. The first-order valence-electron chi connectivity index (χ1n) is 7.03. The highest BCUT2D eigenvalue weighted by Crippen LogP contribution is 2.50. The Bertz CT molecular complexity index is 624. The SMILES string of the molecule is O=CC1C(=O)CC(c2ccccc2)SC1c1ccccc1. The first kappa shape index (κ1) is 14.1. The van der Waals surface area contributed by atoms with Gasteiger partial charge in [-0.2, -0.15) is 0 Å². The number of hydrogen-bond acceptors (Lipinski definition) is 3. The predicted octanol–water partition coefficient (Wildman–Crippen LogP) is 3.99. The second-order valence-electron chi connectivity index (χ2n) is 5.20. The van der Waals surface area contributed by atoms with Gasteiger partial charge in [0.1, 0.15) is 12.1 Å². The van der Waals surface area contributed by atoms with Crippen molar-refractivity contribution in [3.05, 3.63) is 71.8 Å². The van der Waals surface area contributed by atoms with Crippen LogP contribution in [0.3, 0.4) is 0 Å². The Morgan fingerprint density at radius 2 is 1.48 bits per heavy atom. The molecule has 0 aliphatic carbocycles. The van der Waals surface area contributed by atoms with Crippen molar-refractivity contribution in [3.8, 4) is 0 Å². The van der Waals surface area contributed by atoms with E-state index in [0.29, 0.717) is 6.42 Å². The lowest BCUT2D eigenvalue weighted by atomic mass is 9.91. The van der Waals surface area contributed by atoms with Crippen molar-refractivity contribution in [2.45, 2.75) is 16.9 Å². The van der Waals surface area contributed by atoms with Crippen LogP contribution in [-0.4, -0.2) is 12.1 Å². The highest BCUT2D eigenvalue weighted by Gasteiger charge is 2.38. The van der Waals surface area contributed by atoms with E-state index >= 15 is 0 Å². The highest BCUT2D eigenvalue weighted by atomic mass is 32.2. The lowest BCUT2D eigenvalue weighted by Crippen LogP contribution is -2.28. The number of carbonyl (C=O) groups is 2. The molecule has 2 aromatic rings. The number of thioether (sulfide) groups is 1. The van der Waals surface area contributed by atoms with Crippen molar-refractivity contribution in [1.29, 1.82) is 0 Å². The maximum atomic E-state index is 12.3. The molecule has 106 valence electrons. The molecule has 0 amide bonds. The van der Waals surface area contributed by atoms with Crippen molar-refractivity contribution in [2.75, 3.05) is 0 Å². The first-order valence-corrected chi connectivity index (χ1v) is 7.97. The number of Topliss-reactive ketones (excluding diaryl/α,β-unsaturated/α-hetero) is 1. The van der Waals surface area contributed by atoms with Crippen LogP contribution in [0.1, 0.15) is 28.0 Å². The van der Waals surface area contributed by atoms with Crippen LogP contribution < -0.4 is 0 Å². The third kappa shape index (κ3) is 2.93. The normalized spacial score (nSPS) is 25.5. The van der Waals surface area contributed by atoms with E-state index < -0.39 is 5.92 Å². The van der Waals surface area contributed by atoms with Gasteiger partial charge in [0.2, 0.25) is 0 Å². The molecule has 0 N–H and O–H groups in total. The van der Waals surface area contributed by atoms with Crippen LogP contribution in [0.4, 0.5) is 0 Å². The molecule has 3 heteroatoms. The van der Waals surface area contributed by atoms with Crippen LogP contribution in [0.15, 0.2) is 60.7 Å². The van der Waals surface area contributed by atoms with Gasteiger partial charge < -0.3 is 4.79 Å². The summed E-state index contributed by atoms with van der Waals surface area (Å²) in [6.45, 7) is 0. The van der Waals surface area contributed by atoms with Gasteiger partial charge in [-0.1, -0.05) is 60.7 Å². The molecule has 3 unspecified atom stereocenters. The number of rotatable bonds is 3. The molecule has 3 atom stereocenters. The molecule has 0 aromatic heterocycles. The maximum Gasteiger partial charge on any atom is 0.145 e. The molecule has 0 bridgehead atoms. The summed E-state index contributed by atoms with van der Waals surface area (Å²) in [7, 11) is 0. The molecule has 0 saturated carbocycles. The summed E-state index contributed by atoms with van der Waals surface area (Å²) >= 11 is 1.72. The summed E-state index contributed by atoms with van der Waals surface area (Å²) in [5, 5.41) is 0.0373. The molecule has 2 nitrogen and oxygen atoms in total. The van der Waals surface area contributed by atoms with E-state index in [0.717, 1.165) is 17.4 Å². The molecule has 1 aliphatic rings. The van der Waals surface area contributed by atoms with E-state index in [-0.39, 0.29) is 16.3 Å². The van der Waals surface area contributed by atoms with Crippen molar-refractivity contribution in [3.63, 3.8) is 0 Å². The summed E-state index contributed by atoms with van der Waals surface area (Å²) in [6, 6.07) is 19.9. The van der Waals surface area contributed by atoms with Crippen LogP contribution in [0.2, 0.25) is 0 Å². The molecular weight excluding hydrogens is 280 g/mol. The van der Waals surface area contributed by atoms with E-state index in [9.17, 15) is 9.59 Å². The van der Waals surface area contributed by atoms with Gasteiger partial charge in [-0.15, -0.1) is 11.8 Å². The monoisotopic (exact) mass is 296 g/mol. The van der Waals surface area contributed by atoms with Crippen LogP contribution in [0.25, 0.3) is 0 Å². The zero-order valence-corrected chi connectivity index (χ0v) is 12.3. The Morgan fingerprint density at radius 3 is 2.05 bits per heavy atom. The number of aldehydes is 1. The van der Waals surface area contributed by atoms with Crippen molar-refractivity contribution in [2.24, 2.45) is 5.92 Å². The lowest BCUT2D eigenvalue weighted by Gasteiger charge is -2.32. The minimum atomic E-state index is -0.530. The zero-order chi connectivity index (χ0) is 14.7. The Balaban J connectivity index is 1.93. The summed E-state index contributed by atoms with van der Waals surface area (Å²) in [6.07, 6.45) is 1.25. The fraction of sp³-hybridized carbons (Fsp3) is 0.222. The molecule has 1 heterocycles. The van der Waals surface area contributed by atoms with Crippen molar-refractivity contribution < 1.29 is 9.59 Å². The van der Waals surface area contributed by atoms with Gasteiger partial charge in [-0.3, -0.25) is 4.79 Å². The van der Waals surface area contributed by atoms with Gasteiger partial charge in [-0.25, -0.2) is 0 Å². The molecule has 2 aromatic carbocycles. The number of ketones is 1. The molecular formula is C18H16O2S. The summed E-state index contributed by atoms with van der Waals surface area (Å²) in [5.74, 6) is -0.483. The van der Waals surface area contributed by atoms with Crippen molar-refractivity contribution >= 4 is 23.8 Å². The lowest BCUT2D eigenvalue weighted by molar-refractivity contribution is -0.127.